The first-order chi connectivity index (χ1) is 16.5. The molecule has 4 heteroatoms. The van der Waals surface area contributed by atoms with Crippen LogP contribution in [0.2, 0.25) is 0 Å². The Bertz CT molecular complexity index is 960. The van der Waals surface area contributed by atoms with Crippen molar-refractivity contribution in [1.82, 2.24) is 4.90 Å². The van der Waals surface area contributed by atoms with Crippen LogP contribution in [0.15, 0.2) is 59.7 Å². The van der Waals surface area contributed by atoms with Crippen LogP contribution >= 0.6 is 0 Å². The fourth-order valence-corrected chi connectivity index (χ4v) is 5.58. The highest BCUT2D eigenvalue weighted by Crippen LogP contribution is 2.40. The fourth-order valence-electron chi connectivity index (χ4n) is 5.58. The second-order valence-corrected chi connectivity index (χ2v) is 9.33. The second-order valence-electron chi connectivity index (χ2n) is 9.33. The summed E-state index contributed by atoms with van der Waals surface area (Å²) in [7, 11) is 2.17. The lowest BCUT2D eigenvalue weighted by Gasteiger charge is -2.34. The lowest BCUT2D eigenvalue weighted by molar-refractivity contribution is -0.114. The van der Waals surface area contributed by atoms with Crippen LogP contribution in [0, 0.1) is 0 Å². The SMILES string of the molecule is CCN(CC)c1ccc(/C=C2/C(=O)/C(=C/c3ccc(N(CC)CC)cc3)[C@H]3CC[C@H]2N3C)cc1. The monoisotopic (exact) mass is 457 g/mol. The molecule has 0 radical (unpaired) electrons. The molecule has 0 amide bonds. The summed E-state index contributed by atoms with van der Waals surface area (Å²) in [6.45, 7) is 12.7. The molecule has 0 aromatic heterocycles. The van der Waals surface area contributed by atoms with Crippen molar-refractivity contribution < 1.29 is 4.79 Å². The van der Waals surface area contributed by atoms with Crippen LogP contribution in [0.4, 0.5) is 11.4 Å². The number of hydrogen-bond donors (Lipinski definition) is 0. The zero-order valence-corrected chi connectivity index (χ0v) is 21.4. The number of Topliss-reactive ketones (excluding diaryl/α,β-unsaturated/α-hetero) is 1. The van der Waals surface area contributed by atoms with Gasteiger partial charge in [-0.15, -0.1) is 0 Å². The molecule has 2 atom stereocenters. The van der Waals surface area contributed by atoms with Gasteiger partial charge in [0, 0.05) is 60.8 Å². The van der Waals surface area contributed by atoms with Gasteiger partial charge in [-0.25, -0.2) is 0 Å². The van der Waals surface area contributed by atoms with E-state index in [9.17, 15) is 4.79 Å². The topological polar surface area (TPSA) is 26.8 Å². The van der Waals surface area contributed by atoms with E-state index in [0.29, 0.717) is 0 Å². The average Bonchev–Trinajstić information content (AvgIpc) is 3.18. The molecular formula is C30H39N3O. The van der Waals surface area contributed by atoms with E-state index in [2.05, 4.69) is 110 Å². The third-order valence-corrected chi connectivity index (χ3v) is 7.63. The minimum absolute atomic E-state index is 0.210. The number of rotatable bonds is 8. The Kier molecular flexibility index (Phi) is 7.57. The Morgan fingerprint density at radius 2 is 1.06 bits per heavy atom. The first-order valence-electron chi connectivity index (χ1n) is 12.9. The molecule has 4 rings (SSSR count). The van der Waals surface area contributed by atoms with E-state index < -0.39 is 0 Å². The van der Waals surface area contributed by atoms with Crippen molar-refractivity contribution in [3.8, 4) is 0 Å². The molecule has 2 aliphatic heterocycles. The molecule has 0 aliphatic carbocycles. The number of hydrogen-bond acceptors (Lipinski definition) is 4. The lowest BCUT2D eigenvalue weighted by atomic mass is 9.88. The number of likely N-dealkylation sites (N-methyl/N-ethyl adjacent to an activating group) is 1. The summed E-state index contributed by atoms with van der Waals surface area (Å²) in [5.74, 6) is 0.214. The van der Waals surface area contributed by atoms with Gasteiger partial charge in [0.25, 0.3) is 0 Å². The third-order valence-electron chi connectivity index (χ3n) is 7.63. The van der Waals surface area contributed by atoms with Crippen LogP contribution in [0.3, 0.4) is 0 Å². The zero-order valence-electron chi connectivity index (χ0n) is 21.4. The fraction of sp³-hybridized carbons (Fsp3) is 0.433. The molecule has 0 saturated carbocycles. The standard InChI is InChI=1S/C30H39N3O/c1-6-32(7-2)24-14-10-22(11-15-24)20-26-28-18-19-29(31(28)5)27(30(26)34)21-23-12-16-25(17-13-23)33(8-3)9-4/h10-17,20-21,28-29H,6-9,18-19H2,1-5H3/b26-20+,27-21+/t28-,29-/m1/s1. The highest BCUT2D eigenvalue weighted by atomic mass is 16.1. The van der Waals surface area contributed by atoms with Gasteiger partial charge >= 0.3 is 0 Å². The molecular weight excluding hydrogens is 418 g/mol. The van der Waals surface area contributed by atoms with Crippen molar-refractivity contribution in [3.05, 3.63) is 70.8 Å². The number of anilines is 2. The van der Waals surface area contributed by atoms with E-state index in [0.717, 1.165) is 61.3 Å². The molecule has 0 unspecified atom stereocenters. The summed E-state index contributed by atoms with van der Waals surface area (Å²) < 4.78 is 0. The number of fused-ring (bicyclic) bond motifs is 2. The van der Waals surface area contributed by atoms with Crippen LogP contribution in [-0.4, -0.2) is 56.0 Å². The van der Waals surface area contributed by atoms with Gasteiger partial charge in [0.1, 0.15) is 0 Å². The smallest absolute Gasteiger partial charge is 0.188 e. The van der Waals surface area contributed by atoms with Gasteiger partial charge in [-0.2, -0.15) is 0 Å². The Labute approximate surface area is 205 Å². The minimum atomic E-state index is 0.210. The maximum Gasteiger partial charge on any atom is 0.188 e. The summed E-state index contributed by atoms with van der Waals surface area (Å²) in [5.41, 5.74) is 6.51. The molecule has 2 heterocycles. The molecule has 2 fully saturated rings. The van der Waals surface area contributed by atoms with E-state index in [4.69, 9.17) is 0 Å². The minimum Gasteiger partial charge on any atom is -0.372 e. The van der Waals surface area contributed by atoms with E-state index in [1.54, 1.807) is 0 Å². The first kappa shape index (κ1) is 24.3. The van der Waals surface area contributed by atoms with Gasteiger partial charge in [0.05, 0.1) is 0 Å². The zero-order chi connectivity index (χ0) is 24.2. The van der Waals surface area contributed by atoms with Gasteiger partial charge in [-0.1, -0.05) is 24.3 Å². The highest BCUT2D eigenvalue weighted by Gasteiger charge is 2.44. The summed E-state index contributed by atoms with van der Waals surface area (Å²) >= 11 is 0. The highest BCUT2D eigenvalue weighted by molar-refractivity contribution is 6.16. The molecule has 2 aromatic carbocycles. The van der Waals surface area contributed by atoms with Crippen LogP contribution in [0.1, 0.15) is 51.7 Å². The largest absolute Gasteiger partial charge is 0.372 e. The van der Waals surface area contributed by atoms with Crippen molar-refractivity contribution >= 4 is 29.3 Å². The van der Waals surface area contributed by atoms with Gasteiger partial charge < -0.3 is 9.80 Å². The maximum absolute atomic E-state index is 13.7. The Morgan fingerprint density at radius 1 is 0.706 bits per heavy atom. The molecule has 34 heavy (non-hydrogen) atoms. The molecule has 180 valence electrons. The predicted octanol–water partition coefficient (Wildman–Crippen LogP) is 5.89. The molecule has 2 aliphatic rings. The molecule has 0 N–H and O–H groups in total. The van der Waals surface area contributed by atoms with Crippen molar-refractivity contribution in [1.29, 1.82) is 0 Å². The average molecular weight is 458 g/mol. The van der Waals surface area contributed by atoms with Crippen molar-refractivity contribution in [3.63, 3.8) is 0 Å². The van der Waals surface area contributed by atoms with Crippen molar-refractivity contribution in [2.45, 2.75) is 52.6 Å². The summed E-state index contributed by atoms with van der Waals surface area (Å²) in [6, 6.07) is 17.7. The van der Waals surface area contributed by atoms with Crippen LogP contribution in [0.5, 0.6) is 0 Å². The van der Waals surface area contributed by atoms with E-state index >= 15 is 0 Å². The van der Waals surface area contributed by atoms with Crippen molar-refractivity contribution in [2.24, 2.45) is 0 Å². The van der Waals surface area contributed by atoms with Gasteiger partial charge in [-0.3, -0.25) is 9.69 Å². The van der Waals surface area contributed by atoms with Crippen LogP contribution in [-0.2, 0) is 4.79 Å². The van der Waals surface area contributed by atoms with Gasteiger partial charge in [0.2, 0.25) is 0 Å². The van der Waals surface area contributed by atoms with Crippen molar-refractivity contribution in [2.75, 3.05) is 43.0 Å². The molecule has 2 saturated heterocycles. The quantitative estimate of drug-likeness (QED) is 0.462. The van der Waals surface area contributed by atoms with Gasteiger partial charge in [0.15, 0.2) is 5.78 Å². The van der Waals surface area contributed by atoms with Crippen LogP contribution < -0.4 is 9.80 Å². The normalized spacial score (nSPS) is 22.6. The summed E-state index contributed by atoms with van der Waals surface area (Å²) in [6.07, 6.45) is 6.31. The number of nitrogens with zero attached hydrogens (tertiary/aromatic N) is 3. The first-order valence-corrected chi connectivity index (χ1v) is 12.9. The van der Waals surface area contributed by atoms with E-state index in [-0.39, 0.29) is 17.9 Å². The Balaban J connectivity index is 1.63. The molecule has 4 nitrogen and oxygen atoms in total. The Hall–Kier alpha value is -2.85. The van der Waals surface area contributed by atoms with E-state index in [1.807, 2.05) is 0 Å². The summed E-state index contributed by atoms with van der Waals surface area (Å²) in [5, 5.41) is 0. The molecule has 2 aromatic rings. The predicted molar refractivity (Wildman–Crippen MR) is 146 cm³/mol. The number of ketones is 1. The number of benzene rings is 2. The molecule has 0 spiro atoms. The molecule has 2 bridgehead atoms. The maximum atomic E-state index is 13.7. The summed E-state index contributed by atoms with van der Waals surface area (Å²) in [4.78, 5) is 20.8. The third kappa shape index (κ3) is 4.69. The van der Waals surface area contributed by atoms with E-state index in [1.165, 1.54) is 11.4 Å². The Morgan fingerprint density at radius 3 is 1.38 bits per heavy atom. The number of carbonyl (C=O) groups is 1. The van der Waals surface area contributed by atoms with Gasteiger partial charge in [-0.05, 0) is 95.1 Å². The second kappa shape index (κ2) is 10.6. The number of piperidine rings is 1. The van der Waals surface area contributed by atoms with Crippen LogP contribution in [0.25, 0.3) is 12.2 Å². The lowest BCUT2D eigenvalue weighted by Crippen LogP contribution is -2.43. The number of carbonyl (C=O) groups excluding carboxylic acids is 1.